The van der Waals surface area contributed by atoms with Crippen LogP contribution in [0.1, 0.15) is 22.9 Å². The standard InChI is InChI=1S/C15H9F6N3O2/c16-14(17,18)8-4-2-1-3-7(8)5-9-12(26)23-13-22-10(15(19,20)21)6-11(25)24(9)13/h1-4,6,9H,5H2,(H,22,23,26). The summed E-state index contributed by atoms with van der Waals surface area (Å²) in [5.74, 6) is -1.56. The molecule has 1 aromatic carbocycles. The molecule has 1 unspecified atom stereocenters. The molecule has 0 saturated heterocycles. The molecule has 1 aliphatic heterocycles. The number of aromatic nitrogens is 2. The molecule has 1 aliphatic rings. The van der Waals surface area contributed by atoms with Gasteiger partial charge in [0.15, 0.2) is 5.69 Å². The zero-order chi connectivity index (χ0) is 19.3. The van der Waals surface area contributed by atoms with Crippen LogP contribution in [0, 0.1) is 0 Å². The van der Waals surface area contributed by atoms with Gasteiger partial charge in [0.05, 0.1) is 5.56 Å². The number of hydrogen-bond acceptors (Lipinski definition) is 3. The Hall–Kier alpha value is -2.85. The lowest BCUT2D eigenvalue weighted by molar-refractivity contribution is -0.141. The van der Waals surface area contributed by atoms with Gasteiger partial charge in [-0.25, -0.2) is 4.98 Å². The van der Waals surface area contributed by atoms with E-state index in [1.165, 1.54) is 12.1 Å². The van der Waals surface area contributed by atoms with Crippen molar-refractivity contribution in [3.63, 3.8) is 0 Å². The van der Waals surface area contributed by atoms with Gasteiger partial charge in [-0.15, -0.1) is 0 Å². The molecule has 5 nitrogen and oxygen atoms in total. The summed E-state index contributed by atoms with van der Waals surface area (Å²) in [5, 5.41) is 2.01. The summed E-state index contributed by atoms with van der Waals surface area (Å²) < 4.78 is 78.0. The van der Waals surface area contributed by atoms with Crippen LogP contribution in [0.25, 0.3) is 0 Å². The first-order valence-electron chi connectivity index (χ1n) is 7.15. The number of carbonyl (C=O) groups excluding carboxylic acids is 1. The molecule has 1 N–H and O–H groups in total. The van der Waals surface area contributed by atoms with Crippen LogP contribution >= 0.6 is 0 Å². The third kappa shape index (κ3) is 3.16. The van der Waals surface area contributed by atoms with Crippen LogP contribution in [0.15, 0.2) is 35.1 Å². The number of nitrogens with zero attached hydrogens (tertiary/aromatic N) is 2. The number of hydrogen-bond donors (Lipinski definition) is 1. The lowest BCUT2D eigenvalue weighted by Gasteiger charge is -2.16. The molecule has 0 fully saturated rings. The first-order chi connectivity index (χ1) is 12.0. The number of benzene rings is 1. The van der Waals surface area contributed by atoms with E-state index in [0.29, 0.717) is 4.57 Å². The predicted octanol–water partition coefficient (Wildman–Crippen LogP) is 3.02. The molecule has 26 heavy (non-hydrogen) atoms. The molecule has 2 heterocycles. The van der Waals surface area contributed by atoms with Gasteiger partial charge in [-0.05, 0) is 11.6 Å². The van der Waals surface area contributed by atoms with Gasteiger partial charge < -0.3 is 0 Å². The molecule has 0 aliphatic carbocycles. The summed E-state index contributed by atoms with van der Waals surface area (Å²) in [5.41, 5.74) is -3.94. The van der Waals surface area contributed by atoms with Gasteiger partial charge in [-0.1, -0.05) is 18.2 Å². The number of halogens is 6. The minimum atomic E-state index is -4.90. The van der Waals surface area contributed by atoms with Crippen molar-refractivity contribution in [3.8, 4) is 0 Å². The van der Waals surface area contributed by atoms with Crippen LogP contribution in [-0.2, 0) is 23.6 Å². The van der Waals surface area contributed by atoms with Crippen molar-refractivity contribution in [1.29, 1.82) is 0 Å². The van der Waals surface area contributed by atoms with E-state index in [1.807, 2.05) is 5.32 Å². The van der Waals surface area contributed by atoms with Crippen LogP contribution in [-0.4, -0.2) is 15.5 Å². The molecule has 11 heteroatoms. The highest BCUT2D eigenvalue weighted by molar-refractivity contribution is 5.96. The molecule has 1 amide bonds. The topological polar surface area (TPSA) is 64.0 Å². The molecular weight excluding hydrogens is 368 g/mol. The summed E-state index contributed by atoms with van der Waals surface area (Å²) in [4.78, 5) is 27.2. The molecule has 2 aromatic rings. The number of alkyl halides is 6. The normalized spacial score (nSPS) is 17.2. The SMILES string of the molecule is O=C1Nc2nc(C(F)(F)F)cc(=O)n2C1Cc1ccccc1C(F)(F)F. The zero-order valence-electron chi connectivity index (χ0n) is 12.6. The van der Waals surface area contributed by atoms with Gasteiger partial charge in [0.25, 0.3) is 5.56 Å². The molecule has 1 aromatic heterocycles. The van der Waals surface area contributed by atoms with Crippen molar-refractivity contribution >= 4 is 11.9 Å². The first kappa shape index (κ1) is 18.0. The smallest absolute Gasteiger partial charge is 0.294 e. The quantitative estimate of drug-likeness (QED) is 0.819. The van der Waals surface area contributed by atoms with Crippen LogP contribution in [0.5, 0.6) is 0 Å². The van der Waals surface area contributed by atoms with Crippen molar-refractivity contribution in [2.24, 2.45) is 0 Å². The van der Waals surface area contributed by atoms with Gasteiger partial charge in [0.2, 0.25) is 11.9 Å². The second kappa shape index (κ2) is 5.85. The highest BCUT2D eigenvalue weighted by Crippen LogP contribution is 2.35. The average molecular weight is 377 g/mol. The molecule has 138 valence electrons. The number of rotatable bonds is 2. The number of nitrogens with one attached hydrogen (secondary N) is 1. The van der Waals surface area contributed by atoms with E-state index in [9.17, 15) is 35.9 Å². The Kier molecular flexibility index (Phi) is 4.04. The summed E-state index contributed by atoms with van der Waals surface area (Å²) in [6.07, 6.45) is -10.1. The van der Waals surface area contributed by atoms with Crippen molar-refractivity contribution < 1.29 is 31.1 Å². The Labute approximate surface area is 141 Å². The molecule has 0 spiro atoms. The summed E-state index contributed by atoms with van der Waals surface area (Å²) >= 11 is 0. The van der Waals surface area contributed by atoms with Crippen molar-refractivity contribution in [1.82, 2.24) is 9.55 Å². The van der Waals surface area contributed by atoms with Crippen molar-refractivity contribution in [2.75, 3.05) is 5.32 Å². The van der Waals surface area contributed by atoms with Crippen LogP contribution in [0.4, 0.5) is 32.3 Å². The zero-order valence-corrected chi connectivity index (χ0v) is 12.6. The van der Waals surface area contributed by atoms with E-state index in [-0.39, 0.29) is 11.6 Å². The third-order valence-electron chi connectivity index (χ3n) is 3.83. The first-order valence-corrected chi connectivity index (χ1v) is 7.15. The molecular formula is C15H9F6N3O2. The maximum Gasteiger partial charge on any atom is 0.433 e. The molecule has 0 bridgehead atoms. The number of carbonyl (C=O) groups is 1. The number of amides is 1. The molecule has 1 atom stereocenters. The maximum absolute atomic E-state index is 13.1. The Balaban J connectivity index is 2.04. The van der Waals surface area contributed by atoms with Crippen LogP contribution < -0.4 is 10.9 Å². The number of anilines is 1. The van der Waals surface area contributed by atoms with Gasteiger partial charge in [0.1, 0.15) is 6.04 Å². The van der Waals surface area contributed by atoms with Crippen molar-refractivity contribution in [2.45, 2.75) is 24.8 Å². The highest BCUT2D eigenvalue weighted by Gasteiger charge is 2.40. The lowest BCUT2D eigenvalue weighted by Crippen LogP contribution is -2.28. The van der Waals surface area contributed by atoms with E-state index < -0.39 is 53.5 Å². The fourth-order valence-electron chi connectivity index (χ4n) is 2.70. The van der Waals surface area contributed by atoms with E-state index in [4.69, 9.17) is 0 Å². The second-order valence-electron chi connectivity index (χ2n) is 5.54. The van der Waals surface area contributed by atoms with Gasteiger partial charge in [-0.2, -0.15) is 26.3 Å². The molecule has 0 saturated carbocycles. The number of fused-ring (bicyclic) bond motifs is 1. The largest absolute Gasteiger partial charge is 0.433 e. The summed E-state index contributed by atoms with van der Waals surface area (Å²) in [7, 11) is 0. The molecule has 3 rings (SSSR count). The Morgan fingerprint density at radius 3 is 2.31 bits per heavy atom. The Morgan fingerprint density at radius 1 is 1.04 bits per heavy atom. The lowest BCUT2D eigenvalue weighted by atomic mass is 9.99. The van der Waals surface area contributed by atoms with E-state index in [0.717, 1.165) is 12.1 Å². The van der Waals surface area contributed by atoms with Gasteiger partial charge >= 0.3 is 12.4 Å². The highest BCUT2D eigenvalue weighted by atomic mass is 19.4. The van der Waals surface area contributed by atoms with E-state index in [1.54, 1.807) is 0 Å². The van der Waals surface area contributed by atoms with Gasteiger partial charge in [0, 0.05) is 12.5 Å². The van der Waals surface area contributed by atoms with E-state index in [2.05, 4.69) is 4.98 Å². The minimum Gasteiger partial charge on any atom is -0.294 e. The fourth-order valence-corrected chi connectivity index (χ4v) is 2.70. The van der Waals surface area contributed by atoms with Crippen molar-refractivity contribution in [3.05, 3.63) is 57.5 Å². The predicted molar refractivity (Wildman–Crippen MR) is 76.3 cm³/mol. The van der Waals surface area contributed by atoms with Crippen LogP contribution in [0.2, 0.25) is 0 Å². The van der Waals surface area contributed by atoms with Gasteiger partial charge in [-0.3, -0.25) is 19.5 Å². The Bertz CT molecular complexity index is 932. The Morgan fingerprint density at radius 2 is 1.69 bits per heavy atom. The summed E-state index contributed by atoms with van der Waals surface area (Å²) in [6, 6.07) is 3.21. The third-order valence-corrected chi connectivity index (χ3v) is 3.83. The monoisotopic (exact) mass is 377 g/mol. The minimum absolute atomic E-state index is 0.201. The second-order valence-corrected chi connectivity index (χ2v) is 5.54. The fraction of sp³-hybridized carbons (Fsp3) is 0.267. The maximum atomic E-state index is 13.1. The summed E-state index contributed by atoms with van der Waals surface area (Å²) in [6.45, 7) is 0. The average Bonchev–Trinajstić information content (AvgIpc) is 2.82. The van der Waals surface area contributed by atoms with E-state index >= 15 is 0 Å². The molecule has 0 radical (unpaired) electrons. The van der Waals surface area contributed by atoms with Crippen LogP contribution in [0.3, 0.4) is 0 Å².